The van der Waals surface area contributed by atoms with Crippen LogP contribution in [0, 0.1) is 0 Å². The fraction of sp³-hybridized carbons (Fsp3) is 0.600. The van der Waals surface area contributed by atoms with E-state index in [0.717, 1.165) is 12.1 Å². The third-order valence-corrected chi connectivity index (χ3v) is 4.71. The summed E-state index contributed by atoms with van der Waals surface area (Å²) in [6, 6.07) is 7.32. The van der Waals surface area contributed by atoms with Crippen LogP contribution < -0.4 is 10.0 Å². The molecule has 0 aromatic heterocycles. The molecule has 1 rings (SSSR count). The highest BCUT2D eigenvalue weighted by atomic mass is 32.2. The molecular weight excluding hydrogens is 272 g/mol. The van der Waals surface area contributed by atoms with Crippen LogP contribution in [0.3, 0.4) is 0 Å². The Morgan fingerprint density at radius 2 is 1.75 bits per heavy atom. The first kappa shape index (κ1) is 17.0. The SMILES string of the molecule is CCCCCC(C)Nc1ccc(S(=O)(=O)NCC)cc1. The average molecular weight is 298 g/mol. The van der Waals surface area contributed by atoms with E-state index in [4.69, 9.17) is 0 Å². The van der Waals surface area contributed by atoms with Crippen LogP contribution in [0.1, 0.15) is 46.5 Å². The van der Waals surface area contributed by atoms with Gasteiger partial charge in [-0.05, 0) is 37.6 Å². The molecule has 1 atom stereocenters. The minimum Gasteiger partial charge on any atom is -0.383 e. The lowest BCUT2D eigenvalue weighted by Crippen LogP contribution is -2.23. The van der Waals surface area contributed by atoms with Crippen LogP contribution in [0.15, 0.2) is 29.2 Å². The molecule has 0 radical (unpaired) electrons. The maximum absolute atomic E-state index is 11.8. The Kier molecular flexibility index (Phi) is 7.02. The van der Waals surface area contributed by atoms with E-state index in [9.17, 15) is 8.42 Å². The maximum Gasteiger partial charge on any atom is 0.240 e. The minimum absolute atomic E-state index is 0.309. The second-order valence-electron chi connectivity index (χ2n) is 5.07. The molecule has 20 heavy (non-hydrogen) atoms. The van der Waals surface area contributed by atoms with Gasteiger partial charge < -0.3 is 5.32 Å². The summed E-state index contributed by atoms with van der Waals surface area (Å²) in [5.74, 6) is 0. The van der Waals surface area contributed by atoms with Gasteiger partial charge in [-0.15, -0.1) is 0 Å². The van der Waals surface area contributed by atoms with Gasteiger partial charge in [0.05, 0.1) is 4.90 Å². The Morgan fingerprint density at radius 3 is 2.30 bits per heavy atom. The molecule has 0 saturated carbocycles. The number of rotatable bonds is 9. The molecule has 2 N–H and O–H groups in total. The van der Waals surface area contributed by atoms with E-state index in [1.165, 1.54) is 19.3 Å². The number of unbranched alkanes of at least 4 members (excludes halogenated alkanes) is 2. The van der Waals surface area contributed by atoms with Gasteiger partial charge in [0.25, 0.3) is 0 Å². The highest BCUT2D eigenvalue weighted by Gasteiger charge is 2.12. The summed E-state index contributed by atoms with van der Waals surface area (Å²) in [5, 5.41) is 3.40. The van der Waals surface area contributed by atoms with E-state index in [1.54, 1.807) is 19.1 Å². The highest BCUT2D eigenvalue weighted by Crippen LogP contribution is 2.16. The zero-order valence-electron chi connectivity index (χ0n) is 12.6. The molecule has 0 aliphatic rings. The van der Waals surface area contributed by atoms with Crippen molar-refractivity contribution in [2.45, 2.75) is 57.4 Å². The first-order chi connectivity index (χ1) is 9.49. The van der Waals surface area contributed by atoms with E-state index in [0.29, 0.717) is 17.5 Å². The van der Waals surface area contributed by atoms with Crippen molar-refractivity contribution in [1.29, 1.82) is 0 Å². The molecule has 0 heterocycles. The Balaban J connectivity index is 2.58. The third kappa shape index (κ3) is 5.51. The largest absolute Gasteiger partial charge is 0.383 e. The third-order valence-electron chi connectivity index (χ3n) is 3.15. The van der Waals surface area contributed by atoms with Gasteiger partial charge in [-0.2, -0.15) is 0 Å². The fourth-order valence-corrected chi connectivity index (χ4v) is 3.10. The van der Waals surface area contributed by atoms with Crippen molar-refractivity contribution in [3.8, 4) is 0 Å². The second kappa shape index (κ2) is 8.27. The van der Waals surface area contributed by atoms with Crippen LogP contribution >= 0.6 is 0 Å². The first-order valence-corrected chi connectivity index (χ1v) is 8.84. The molecule has 4 nitrogen and oxygen atoms in total. The van der Waals surface area contributed by atoms with Gasteiger partial charge in [0.2, 0.25) is 10.0 Å². The maximum atomic E-state index is 11.8. The van der Waals surface area contributed by atoms with E-state index in [-0.39, 0.29) is 0 Å². The van der Waals surface area contributed by atoms with Crippen molar-refractivity contribution < 1.29 is 8.42 Å². The predicted molar refractivity (Wildman–Crippen MR) is 84.5 cm³/mol. The lowest BCUT2D eigenvalue weighted by atomic mass is 10.1. The van der Waals surface area contributed by atoms with Gasteiger partial charge in [0.1, 0.15) is 0 Å². The molecule has 1 unspecified atom stereocenters. The standard InChI is InChI=1S/C15H26N2O2S/c1-4-6-7-8-13(3)17-14-9-11-15(12-10-14)20(18,19)16-5-2/h9-13,16-17H,4-8H2,1-3H3. The zero-order valence-corrected chi connectivity index (χ0v) is 13.5. The van der Waals surface area contributed by atoms with Gasteiger partial charge in [0, 0.05) is 18.3 Å². The van der Waals surface area contributed by atoms with E-state index < -0.39 is 10.0 Å². The fourth-order valence-electron chi connectivity index (χ4n) is 2.06. The summed E-state index contributed by atoms with van der Waals surface area (Å²) >= 11 is 0. The summed E-state index contributed by atoms with van der Waals surface area (Å²) in [4.78, 5) is 0.309. The molecule has 0 fully saturated rings. The first-order valence-electron chi connectivity index (χ1n) is 7.35. The molecule has 1 aromatic rings. The van der Waals surface area contributed by atoms with E-state index >= 15 is 0 Å². The summed E-state index contributed by atoms with van der Waals surface area (Å²) in [6.07, 6.45) is 4.83. The quantitative estimate of drug-likeness (QED) is 0.687. The van der Waals surface area contributed by atoms with Crippen LogP contribution in [0.5, 0.6) is 0 Å². The zero-order chi connectivity index (χ0) is 15.0. The Hall–Kier alpha value is -1.07. The number of hydrogen-bond donors (Lipinski definition) is 2. The van der Waals surface area contributed by atoms with E-state index in [2.05, 4.69) is 23.9 Å². The summed E-state index contributed by atoms with van der Waals surface area (Å²) in [6.45, 7) is 6.52. The Bertz CT molecular complexity index is 483. The number of benzene rings is 1. The van der Waals surface area contributed by atoms with Gasteiger partial charge in [-0.3, -0.25) is 0 Å². The van der Waals surface area contributed by atoms with E-state index in [1.807, 2.05) is 12.1 Å². The van der Waals surface area contributed by atoms with Crippen molar-refractivity contribution in [1.82, 2.24) is 4.72 Å². The molecule has 0 amide bonds. The van der Waals surface area contributed by atoms with Crippen LogP contribution in [0.2, 0.25) is 0 Å². The number of sulfonamides is 1. The van der Waals surface area contributed by atoms with Crippen molar-refractivity contribution in [2.24, 2.45) is 0 Å². The molecule has 114 valence electrons. The predicted octanol–water partition coefficient (Wildman–Crippen LogP) is 3.37. The van der Waals surface area contributed by atoms with Crippen LogP contribution in [-0.2, 0) is 10.0 Å². The van der Waals surface area contributed by atoms with Crippen LogP contribution in [0.4, 0.5) is 5.69 Å². The molecule has 5 heteroatoms. The van der Waals surface area contributed by atoms with Crippen molar-refractivity contribution in [3.05, 3.63) is 24.3 Å². The molecular formula is C15H26N2O2S. The van der Waals surface area contributed by atoms with Gasteiger partial charge in [-0.1, -0.05) is 33.1 Å². The number of hydrogen-bond acceptors (Lipinski definition) is 3. The lowest BCUT2D eigenvalue weighted by Gasteiger charge is -2.15. The average Bonchev–Trinajstić information content (AvgIpc) is 2.39. The van der Waals surface area contributed by atoms with Crippen LogP contribution in [-0.4, -0.2) is 21.0 Å². The smallest absolute Gasteiger partial charge is 0.240 e. The van der Waals surface area contributed by atoms with Crippen molar-refractivity contribution in [3.63, 3.8) is 0 Å². The summed E-state index contributed by atoms with van der Waals surface area (Å²) < 4.78 is 26.1. The Labute approximate surface area is 123 Å². The number of nitrogens with one attached hydrogen (secondary N) is 2. The molecule has 0 spiro atoms. The molecule has 0 aliphatic carbocycles. The van der Waals surface area contributed by atoms with Crippen molar-refractivity contribution in [2.75, 3.05) is 11.9 Å². The van der Waals surface area contributed by atoms with Gasteiger partial charge >= 0.3 is 0 Å². The lowest BCUT2D eigenvalue weighted by molar-refractivity contribution is 0.584. The summed E-state index contributed by atoms with van der Waals surface area (Å²) in [7, 11) is -3.35. The minimum atomic E-state index is -3.35. The second-order valence-corrected chi connectivity index (χ2v) is 6.83. The normalized spacial score (nSPS) is 13.2. The molecule has 1 aromatic carbocycles. The van der Waals surface area contributed by atoms with Crippen molar-refractivity contribution >= 4 is 15.7 Å². The highest BCUT2D eigenvalue weighted by molar-refractivity contribution is 7.89. The molecule has 0 saturated heterocycles. The number of anilines is 1. The molecule has 0 bridgehead atoms. The summed E-state index contributed by atoms with van der Waals surface area (Å²) in [5.41, 5.74) is 0.962. The van der Waals surface area contributed by atoms with Crippen LogP contribution in [0.25, 0.3) is 0 Å². The monoisotopic (exact) mass is 298 g/mol. The molecule has 0 aliphatic heterocycles. The Morgan fingerprint density at radius 1 is 1.10 bits per heavy atom. The van der Waals surface area contributed by atoms with Gasteiger partial charge in [-0.25, -0.2) is 13.1 Å². The topological polar surface area (TPSA) is 58.2 Å². The van der Waals surface area contributed by atoms with Gasteiger partial charge in [0.15, 0.2) is 0 Å².